The van der Waals surface area contributed by atoms with Gasteiger partial charge in [0, 0.05) is 24.8 Å². The molecule has 0 fully saturated rings. The van der Waals surface area contributed by atoms with Crippen LogP contribution in [-0.4, -0.2) is 12.9 Å². The normalized spacial score (nSPS) is 10.3. The smallest absolute Gasteiger partial charge is 0.122 e. The predicted molar refractivity (Wildman–Crippen MR) is 86.0 cm³/mol. The van der Waals surface area contributed by atoms with Crippen molar-refractivity contribution in [2.24, 2.45) is 5.73 Å². The second kappa shape index (κ2) is 6.16. The minimum absolute atomic E-state index is 0.0646. The first-order valence-corrected chi connectivity index (χ1v) is 6.82. The van der Waals surface area contributed by atoms with Gasteiger partial charge in [0.05, 0.1) is 10.0 Å². The molecule has 2 aromatic rings. The molecule has 3 N–H and O–H groups in total. The fourth-order valence-electron chi connectivity index (χ4n) is 1.91. The Morgan fingerprint density at radius 2 is 1.90 bits per heavy atom. The van der Waals surface area contributed by atoms with Crippen molar-refractivity contribution in [3.63, 3.8) is 0 Å². The zero-order valence-electron chi connectivity index (χ0n) is 11.0. The molecule has 0 aliphatic carbocycles. The second-order valence-corrected chi connectivity index (χ2v) is 5.38. The summed E-state index contributed by atoms with van der Waals surface area (Å²) >= 11 is 11.9. The zero-order valence-corrected chi connectivity index (χ0v) is 12.5. The van der Waals surface area contributed by atoms with Gasteiger partial charge < -0.3 is 10.6 Å². The number of nitrogens with one attached hydrogen (secondary N) is 1. The Labute approximate surface area is 128 Å². The molecule has 2 aromatic carbocycles. The second-order valence-electron chi connectivity index (χ2n) is 4.57. The van der Waals surface area contributed by atoms with E-state index in [1.165, 1.54) is 0 Å². The molecule has 0 amide bonds. The van der Waals surface area contributed by atoms with Crippen LogP contribution in [0.15, 0.2) is 42.5 Å². The molecule has 5 heteroatoms. The van der Waals surface area contributed by atoms with E-state index in [9.17, 15) is 0 Å². The van der Waals surface area contributed by atoms with Crippen LogP contribution in [0.3, 0.4) is 0 Å². The molecule has 0 unspecified atom stereocenters. The maximum absolute atomic E-state index is 7.47. The Balaban J connectivity index is 2.19. The highest BCUT2D eigenvalue weighted by molar-refractivity contribution is 6.42. The van der Waals surface area contributed by atoms with Gasteiger partial charge in [0.2, 0.25) is 0 Å². The molecule has 0 aliphatic heterocycles. The van der Waals surface area contributed by atoms with Gasteiger partial charge in [-0.25, -0.2) is 0 Å². The number of rotatable bonds is 4. The Morgan fingerprint density at radius 3 is 2.55 bits per heavy atom. The van der Waals surface area contributed by atoms with Crippen LogP contribution in [0.5, 0.6) is 0 Å². The van der Waals surface area contributed by atoms with Gasteiger partial charge >= 0.3 is 0 Å². The van der Waals surface area contributed by atoms with Crippen LogP contribution >= 0.6 is 23.2 Å². The standard InChI is InChI=1S/C15H15Cl2N3/c1-20(9-10-5-6-13(16)14(17)7-10)12-4-2-3-11(8-12)15(18)19/h2-8H,9H2,1H3,(H3,18,19). The third-order valence-electron chi connectivity index (χ3n) is 3.00. The van der Waals surface area contributed by atoms with Crippen molar-refractivity contribution < 1.29 is 0 Å². The highest BCUT2D eigenvalue weighted by atomic mass is 35.5. The first-order chi connectivity index (χ1) is 9.47. The highest BCUT2D eigenvalue weighted by Gasteiger charge is 2.06. The summed E-state index contributed by atoms with van der Waals surface area (Å²) < 4.78 is 0. The summed E-state index contributed by atoms with van der Waals surface area (Å²) in [7, 11) is 1.97. The number of hydrogen-bond donors (Lipinski definition) is 2. The maximum atomic E-state index is 7.47. The first-order valence-electron chi connectivity index (χ1n) is 6.07. The first kappa shape index (κ1) is 14.7. The molecule has 0 saturated heterocycles. The Morgan fingerprint density at radius 1 is 1.15 bits per heavy atom. The van der Waals surface area contributed by atoms with Crippen molar-refractivity contribution in [1.82, 2.24) is 0 Å². The molecule has 0 aromatic heterocycles. The SMILES string of the molecule is CN(Cc1ccc(Cl)c(Cl)c1)c1cccc(C(=N)N)c1. The summed E-state index contributed by atoms with van der Waals surface area (Å²) in [6.07, 6.45) is 0. The number of benzene rings is 2. The van der Waals surface area contributed by atoms with Crippen LogP contribution in [0, 0.1) is 5.41 Å². The number of nitrogen functional groups attached to an aromatic ring is 1. The Hall–Kier alpha value is -1.71. The van der Waals surface area contributed by atoms with E-state index in [1.807, 2.05) is 43.4 Å². The molecule has 0 bridgehead atoms. The fraction of sp³-hybridized carbons (Fsp3) is 0.133. The molecular weight excluding hydrogens is 293 g/mol. The van der Waals surface area contributed by atoms with Gasteiger partial charge in [-0.2, -0.15) is 0 Å². The van der Waals surface area contributed by atoms with Gasteiger partial charge in [-0.05, 0) is 29.8 Å². The number of nitrogens with two attached hydrogens (primary N) is 1. The van der Waals surface area contributed by atoms with E-state index in [2.05, 4.69) is 4.90 Å². The number of hydrogen-bond acceptors (Lipinski definition) is 2. The Kier molecular flexibility index (Phi) is 4.53. The van der Waals surface area contributed by atoms with E-state index in [1.54, 1.807) is 6.07 Å². The summed E-state index contributed by atoms with van der Waals surface area (Å²) in [5.74, 6) is 0.0646. The van der Waals surface area contributed by atoms with Crippen molar-refractivity contribution in [1.29, 1.82) is 5.41 Å². The van der Waals surface area contributed by atoms with Crippen molar-refractivity contribution >= 4 is 34.7 Å². The third-order valence-corrected chi connectivity index (χ3v) is 3.74. The monoisotopic (exact) mass is 307 g/mol. The largest absolute Gasteiger partial charge is 0.384 e. The minimum atomic E-state index is 0.0646. The quantitative estimate of drug-likeness (QED) is 0.664. The summed E-state index contributed by atoms with van der Waals surface area (Å²) in [6, 6.07) is 13.2. The maximum Gasteiger partial charge on any atom is 0.122 e. The molecule has 0 aliphatic rings. The molecule has 0 heterocycles. The number of halogens is 2. The van der Waals surface area contributed by atoms with Crippen LogP contribution in [0.25, 0.3) is 0 Å². The number of amidine groups is 1. The van der Waals surface area contributed by atoms with Gasteiger partial charge in [-0.1, -0.05) is 41.4 Å². The number of anilines is 1. The number of nitrogens with zero attached hydrogens (tertiary/aromatic N) is 1. The van der Waals surface area contributed by atoms with Crippen LogP contribution in [0.4, 0.5) is 5.69 Å². The average Bonchev–Trinajstić information content (AvgIpc) is 2.43. The molecule has 3 nitrogen and oxygen atoms in total. The van der Waals surface area contributed by atoms with Gasteiger partial charge in [0.15, 0.2) is 0 Å². The van der Waals surface area contributed by atoms with E-state index in [-0.39, 0.29) is 5.84 Å². The van der Waals surface area contributed by atoms with Crippen LogP contribution < -0.4 is 10.6 Å². The van der Waals surface area contributed by atoms with Crippen molar-refractivity contribution in [2.75, 3.05) is 11.9 Å². The molecule has 0 spiro atoms. The van der Waals surface area contributed by atoms with E-state index in [0.29, 0.717) is 22.2 Å². The summed E-state index contributed by atoms with van der Waals surface area (Å²) in [5, 5.41) is 8.58. The lowest BCUT2D eigenvalue weighted by Crippen LogP contribution is -2.18. The van der Waals surface area contributed by atoms with Gasteiger partial charge in [-0.15, -0.1) is 0 Å². The van der Waals surface area contributed by atoms with E-state index in [0.717, 1.165) is 11.3 Å². The molecule has 0 atom stereocenters. The lowest BCUT2D eigenvalue weighted by Gasteiger charge is -2.20. The summed E-state index contributed by atoms with van der Waals surface area (Å²) in [6.45, 7) is 0.693. The van der Waals surface area contributed by atoms with Crippen LogP contribution in [-0.2, 0) is 6.54 Å². The molecule has 20 heavy (non-hydrogen) atoms. The molecule has 104 valence electrons. The summed E-state index contributed by atoms with van der Waals surface area (Å²) in [4.78, 5) is 2.06. The Bertz CT molecular complexity index is 641. The van der Waals surface area contributed by atoms with Crippen LogP contribution in [0.2, 0.25) is 10.0 Å². The minimum Gasteiger partial charge on any atom is -0.384 e. The molecule has 2 rings (SSSR count). The topological polar surface area (TPSA) is 53.1 Å². The predicted octanol–water partition coefficient (Wildman–Crippen LogP) is 3.91. The molecule has 0 radical (unpaired) electrons. The lowest BCUT2D eigenvalue weighted by molar-refractivity contribution is 0.923. The zero-order chi connectivity index (χ0) is 14.7. The van der Waals surface area contributed by atoms with Crippen LogP contribution in [0.1, 0.15) is 11.1 Å². The fourth-order valence-corrected chi connectivity index (χ4v) is 2.23. The summed E-state index contributed by atoms with van der Waals surface area (Å²) in [5.41, 5.74) is 8.27. The lowest BCUT2D eigenvalue weighted by atomic mass is 10.1. The van der Waals surface area contributed by atoms with E-state index < -0.39 is 0 Å². The van der Waals surface area contributed by atoms with Crippen molar-refractivity contribution in [3.8, 4) is 0 Å². The van der Waals surface area contributed by atoms with E-state index >= 15 is 0 Å². The molecule has 0 saturated carbocycles. The molecular formula is C15H15Cl2N3. The van der Waals surface area contributed by atoms with Crippen molar-refractivity contribution in [2.45, 2.75) is 6.54 Å². The van der Waals surface area contributed by atoms with Gasteiger partial charge in [-0.3, -0.25) is 5.41 Å². The average molecular weight is 308 g/mol. The van der Waals surface area contributed by atoms with Crippen molar-refractivity contribution in [3.05, 3.63) is 63.6 Å². The highest BCUT2D eigenvalue weighted by Crippen LogP contribution is 2.24. The van der Waals surface area contributed by atoms with E-state index in [4.69, 9.17) is 34.3 Å². The van der Waals surface area contributed by atoms with Gasteiger partial charge in [0.25, 0.3) is 0 Å². The van der Waals surface area contributed by atoms with Gasteiger partial charge in [0.1, 0.15) is 5.84 Å². The third kappa shape index (κ3) is 3.44.